The van der Waals surface area contributed by atoms with Crippen molar-refractivity contribution in [3.05, 3.63) is 63.8 Å². The Balaban J connectivity index is 1.26. The summed E-state index contributed by atoms with van der Waals surface area (Å²) < 4.78 is 5.69. The Morgan fingerprint density at radius 3 is 2.49 bits per heavy atom. The third-order valence-corrected chi connectivity index (χ3v) is 7.69. The summed E-state index contributed by atoms with van der Waals surface area (Å²) in [6, 6.07) is 13.0. The number of nitrogens with zero attached hydrogens (tertiary/aromatic N) is 6. The van der Waals surface area contributed by atoms with Crippen LogP contribution in [0.5, 0.6) is 5.75 Å². The smallest absolute Gasteiger partial charge is 0.292 e. The highest BCUT2D eigenvalue weighted by Gasteiger charge is 2.27. The quantitative estimate of drug-likeness (QED) is 0.300. The Labute approximate surface area is 232 Å². The number of likely N-dealkylation sites (N-methyl/N-ethyl adjacent to an activating group) is 1. The maximum Gasteiger partial charge on any atom is 0.292 e. The second-order valence-corrected chi connectivity index (χ2v) is 10.3. The monoisotopic (exact) mass is 552 g/mol. The fourth-order valence-corrected chi connectivity index (χ4v) is 5.30. The van der Waals surface area contributed by atoms with Crippen LogP contribution in [0.4, 0.5) is 34.5 Å². The molecule has 0 saturated carbocycles. The van der Waals surface area contributed by atoms with Crippen LogP contribution in [-0.2, 0) is 0 Å². The van der Waals surface area contributed by atoms with Gasteiger partial charge in [-0.3, -0.25) is 15.0 Å². The topological polar surface area (TPSA) is 112 Å². The van der Waals surface area contributed by atoms with Crippen molar-refractivity contribution < 1.29 is 9.66 Å². The van der Waals surface area contributed by atoms with Crippen molar-refractivity contribution in [2.24, 2.45) is 0 Å². The number of ether oxygens (including phenoxy) is 1. The first kappa shape index (κ1) is 26.9. The van der Waals surface area contributed by atoms with Crippen molar-refractivity contribution in [3.63, 3.8) is 0 Å². The first-order chi connectivity index (χ1) is 18.9. The number of aromatic nitrogens is 2. The highest BCUT2D eigenvalue weighted by molar-refractivity contribution is 6.33. The summed E-state index contributed by atoms with van der Waals surface area (Å²) in [5.74, 6) is 1.20. The van der Waals surface area contributed by atoms with E-state index in [1.165, 1.54) is 12.3 Å². The molecule has 0 amide bonds. The number of nitro benzene ring substituents is 1. The van der Waals surface area contributed by atoms with Crippen LogP contribution in [-0.4, -0.2) is 84.2 Å². The lowest BCUT2D eigenvalue weighted by molar-refractivity contribution is -0.383. The average Bonchev–Trinajstić information content (AvgIpc) is 2.96. The molecule has 3 aromatic rings. The molecule has 2 aliphatic heterocycles. The number of anilines is 5. The van der Waals surface area contributed by atoms with Crippen molar-refractivity contribution >= 4 is 46.1 Å². The fourth-order valence-electron chi connectivity index (χ4n) is 5.16. The van der Waals surface area contributed by atoms with Crippen LogP contribution < -0.4 is 20.3 Å². The summed E-state index contributed by atoms with van der Waals surface area (Å²) in [5, 5.41) is 17.8. The molecular formula is C27H33ClN8O3. The van der Waals surface area contributed by atoms with Crippen molar-refractivity contribution in [3.8, 4) is 5.75 Å². The summed E-state index contributed by atoms with van der Waals surface area (Å²) in [6.07, 6.45) is 3.75. The zero-order valence-electron chi connectivity index (χ0n) is 22.1. The van der Waals surface area contributed by atoms with E-state index < -0.39 is 4.92 Å². The fraction of sp³-hybridized carbons (Fsp3) is 0.407. The van der Waals surface area contributed by atoms with E-state index in [4.69, 9.17) is 16.3 Å². The molecule has 0 bridgehead atoms. The van der Waals surface area contributed by atoms with E-state index in [1.807, 2.05) is 12.1 Å². The molecule has 0 aliphatic carbocycles. The number of piperazine rings is 1. The molecule has 0 spiro atoms. The average molecular weight is 553 g/mol. The molecule has 206 valence electrons. The number of halogens is 1. The number of rotatable bonds is 8. The number of piperidine rings is 1. The minimum atomic E-state index is -0.460. The van der Waals surface area contributed by atoms with Gasteiger partial charge in [-0.05, 0) is 38.1 Å². The third-order valence-electron chi connectivity index (χ3n) is 7.41. The number of methoxy groups -OCH3 is 1. The van der Waals surface area contributed by atoms with Gasteiger partial charge in [-0.25, -0.2) is 4.98 Å². The summed E-state index contributed by atoms with van der Waals surface area (Å²) in [5.41, 5.74) is 2.02. The molecule has 2 fully saturated rings. The largest absolute Gasteiger partial charge is 0.494 e. The van der Waals surface area contributed by atoms with Gasteiger partial charge in [0.25, 0.3) is 5.69 Å². The molecule has 0 atom stereocenters. The number of benzene rings is 2. The number of hydrogen-bond acceptors (Lipinski definition) is 10. The number of nitrogens with one attached hydrogen (secondary N) is 2. The van der Waals surface area contributed by atoms with Crippen molar-refractivity contribution in [1.82, 2.24) is 19.8 Å². The second kappa shape index (κ2) is 12.0. The van der Waals surface area contributed by atoms with Crippen LogP contribution in [0.3, 0.4) is 0 Å². The summed E-state index contributed by atoms with van der Waals surface area (Å²) in [7, 11) is 3.83. The minimum absolute atomic E-state index is 0.0773. The van der Waals surface area contributed by atoms with Gasteiger partial charge in [0.1, 0.15) is 16.5 Å². The van der Waals surface area contributed by atoms with Crippen molar-refractivity contribution in [2.45, 2.75) is 18.9 Å². The van der Waals surface area contributed by atoms with Crippen LogP contribution in [0.1, 0.15) is 12.8 Å². The van der Waals surface area contributed by atoms with Crippen molar-refractivity contribution in [2.75, 3.05) is 69.0 Å². The number of nitro groups is 1. The van der Waals surface area contributed by atoms with Gasteiger partial charge in [0.15, 0.2) is 5.82 Å². The Morgan fingerprint density at radius 2 is 1.77 bits per heavy atom. The van der Waals surface area contributed by atoms with Crippen LogP contribution in [0.2, 0.25) is 5.02 Å². The maximum atomic E-state index is 11.4. The van der Waals surface area contributed by atoms with E-state index >= 15 is 0 Å². The molecule has 12 heteroatoms. The van der Waals surface area contributed by atoms with Crippen LogP contribution >= 0.6 is 11.6 Å². The normalized spacial score (nSPS) is 17.2. The molecule has 0 unspecified atom stereocenters. The molecule has 5 rings (SSSR count). The van der Waals surface area contributed by atoms with E-state index in [9.17, 15) is 10.1 Å². The van der Waals surface area contributed by atoms with E-state index in [-0.39, 0.29) is 28.2 Å². The standard InChI is InChI=1S/C27H33ClN8O3/c1-33-13-15-35(16-14-33)19-9-11-34(12-10-19)20-7-8-23(25(17-20)39-2)31-27-29-18-21(28)26(32-27)30-22-5-3-4-6-24(22)36(37)38/h3-8,17-19H,9-16H2,1-2H3,(H2,29,30,31,32). The van der Waals surface area contributed by atoms with Gasteiger partial charge in [-0.15, -0.1) is 0 Å². The van der Waals surface area contributed by atoms with Gasteiger partial charge >= 0.3 is 0 Å². The van der Waals surface area contributed by atoms with Crippen LogP contribution in [0.15, 0.2) is 48.7 Å². The first-order valence-electron chi connectivity index (χ1n) is 13.1. The lowest BCUT2D eigenvalue weighted by Gasteiger charge is -2.42. The minimum Gasteiger partial charge on any atom is -0.494 e. The Kier molecular flexibility index (Phi) is 8.30. The predicted octanol–water partition coefficient (Wildman–Crippen LogP) is 4.75. The SMILES string of the molecule is COc1cc(N2CCC(N3CCN(C)CC3)CC2)ccc1Nc1ncc(Cl)c(Nc2ccccc2[N+](=O)[O-])n1. The Hall–Kier alpha value is -3.67. The zero-order valence-corrected chi connectivity index (χ0v) is 22.9. The number of hydrogen-bond donors (Lipinski definition) is 2. The van der Waals surface area contributed by atoms with Gasteiger partial charge in [0.2, 0.25) is 5.95 Å². The lowest BCUT2D eigenvalue weighted by atomic mass is 10.0. The van der Waals surface area contributed by atoms with Gasteiger partial charge in [-0.1, -0.05) is 23.7 Å². The lowest BCUT2D eigenvalue weighted by Crippen LogP contribution is -2.52. The van der Waals surface area contributed by atoms with E-state index in [0.29, 0.717) is 17.5 Å². The molecule has 2 N–H and O–H groups in total. The summed E-state index contributed by atoms with van der Waals surface area (Å²) in [6.45, 7) is 6.62. The van der Waals surface area contributed by atoms with Gasteiger partial charge < -0.3 is 25.2 Å². The van der Waals surface area contributed by atoms with Crippen LogP contribution in [0, 0.1) is 10.1 Å². The van der Waals surface area contributed by atoms with E-state index in [1.54, 1.807) is 25.3 Å². The molecule has 2 aromatic carbocycles. The zero-order chi connectivity index (χ0) is 27.4. The van der Waals surface area contributed by atoms with Crippen LogP contribution in [0.25, 0.3) is 0 Å². The van der Waals surface area contributed by atoms with Gasteiger partial charge in [-0.2, -0.15) is 4.98 Å². The molecule has 0 radical (unpaired) electrons. The van der Waals surface area contributed by atoms with Gasteiger partial charge in [0.05, 0.1) is 23.9 Å². The summed E-state index contributed by atoms with van der Waals surface area (Å²) >= 11 is 6.29. The molecule has 11 nitrogen and oxygen atoms in total. The first-order valence-corrected chi connectivity index (χ1v) is 13.4. The highest BCUT2D eigenvalue weighted by Crippen LogP contribution is 2.34. The maximum absolute atomic E-state index is 11.4. The molecule has 2 aliphatic rings. The molecule has 39 heavy (non-hydrogen) atoms. The summed E-state index contributed by atoms with van der Waals surface area (Å²) in [4.78, 5) is 27.1. The molecule has 1 aromatic heterocycles. The highest BCUT2D eigenvalue weighted by atomic mass is 35.5. The molecular weight excluding hydrogens is 520 g/mol. The predicted molar refractivity (Wildman–Crippen MR) is 154 cm³/mol. The van der Waals surface area contributed by atoms with E-state index in [0.717, 1.165) is 57.8 Å². The van der Waals surface area contributed by atoms with Gasteiger partial charge in [0, 0.05) is 63.1 Å². The second-order valence-electron chi connectivity index (χ2n) is 9.86. The Morgan fingerprint density at radius 1 is 1.03 bits per heavy atom. The van der Waals surface area contributed by atoms with Crippen molar-refractivity contribution in [1.29, 1.82) is 0 Å². The molecule has 2 saturated heterocycles. The van der Waals surface area contributed by atoms with E-state index in [2.05, 4.69) is 48.4 Å². The third kappa shape index (κ3) is 6.32. The molecule has 3 heterocycles. The number of para-hydroxylation sites is 2. The Bertz CT molecular complexity index is 1310.